The number of nitro groups is 1. The van der Waals surface area contributed by atoms with Crippen LogP contribution in [-0.2, 0) is 16.4 Å². The highest BCUT2D eigenvalue weighted by molar-refractivity contribution is 7.89. The average molecular weight is 382 g/mol. The number of fused-ring (bicyclic) bond motifs is 1. The number of nitrogen functional groups attached to an aromatic ring is 1. The summed E-state index contributed by atoms with van der Waals surface area (Å²) in [6, 6.07) is 8.35. The van der Waals surface area contributed by atoms with E-state index in [4.69, 9.17) is 17.3 Å². The van der Waals surface area contributed by atoms with Crippen molar-refractivity contribution in [2.24, 2.45) is 0 Å². The van der Waals surface area contributed by atoms with Gasteiger partial charge in [0.05, 0.1) is 4.92 Å². The van der Waals surface area contributed by atoms with Crippen LogP contribution in [0.4, 0.5) is 11.4 Å². The van der Waals surface area contributed by atoms with E-state index in [1.165, 1.54) is 6.07 Å². The van der Waals surface area contributed by atoms with Crippen molar-refractivity contribution in [2.45, 2.75) is 30.2 Å². The predicted octanol–water partition coefficient (Wildman–Crippen LogP) is 3.19. The van der Waals surface area contributed by atoms with Crippen molar-refractivity contribution in [2.75, 3.05) is 5.73 Å². The molecule has 2 aromatic rings. The number of nitrogens with zero attached hydrogens (tertiary/aromatic N) is 1. The molecule has 0 aliphatic heterocycles. The lowest BCUT2D eigenvalue weighted by Gasteiger charge is -2.26. The van der Waals surface area contributed by atoms with Crippen LogP contribution in [-0.4, -0.2) is 13.3 Å². The topological polar surface area (TPSA) is 115 Å². The number of hydrogen-bond acceptors (Lipinski definition) is 5. The standard InChI is InChI=1S/C16H16ClN3O4S/c17-11-4-7-15(20(21)22)16(9-11)25(23,24)19-14-3-1-2-10-8-12(18)5-6-13(10)14/h4-9,14,19H,1-3,18H2. The number of halogens is 1. The van der Waals surface area contributed by atoms with E-state index in [1.807, 2.05) is 6.07 Å². The van der Waals surface area contributed by atoms with E-state index in [-0.39, 0.29) is 5.02 Å². The Morgan fingerprint density at radius 2 is 2.00 bits per heavy atom. The van der Waals surface area contributed by atoms with Crippen LogP contribution in [0.15, 0.2) is 41.3 Å². The Labute approximate surface area is 150 Å². The molecule has 1 aliphatic carbocycles. The summed E-state index contributed by atoms with van der Waals surface area (Å²) in [6.45, 7) is 0. The predicted molar refractivity (Wildman–Crippen MR) is 95.0 cm³/mol. The fourth-order valence-corrected chi connectivity index (χ4v) is 4.74. The summed E-state index contributed by atoms with van der Waals surface area (Å²) >= 11 is 5.84. The number of sulfonamides is 1. The molecule has 0 heterocycles. The van der Waals surface area contributed by atoms with E-state index in [0.29, 0.717) is 12.1 Å². The molecule has 0 radical (unpaired) electrons. The lowest BCUT2D eigenvalue weighted by molar-refractivity contribution is -0.387. The fourth-order valence-electron chi connectivity index (χ4n) is 3.06. The molecule has 3 rings (SSSR count). The van der Waals surface area contributed by atoms with Crippen molar-refractivity contribution in [1.82, 2.24) is 4.72 Å². The van der Waals surface area contributed by atoms with Gasteiger partial charge in [0.2, 0.25) is 10.0 Å². The van der Waals surface area contributed by atoms with E-state index in [0.717, 1.165) is 36.1 Å². The summed E-state index contributed by atoms with van der Waals surface area (Å²) in [4.78, 5) is 9.99. The Bertz CT molecular complexity index is 946. The van der Waals surface area contributed by atoms with Crippen molar-refractivity contribution in [3.05, 3.63) is 62.7 Å². The van der Waals surface area contributed by atoms with Crippen LogP contribution < -0.4 is 10.5 Å². The third-order valence-corrected chi connectivity index (χ3v) is 5.92. The van der Waals surface area contributed by atoms with Crippen molar-refractivity contribution >= 4 is 33.0 Å². The Hall–Kier alpha value is -2.16. The van der Waals surface area contributed by atoms with Crippen LogP contribution in [0.1, 0.15) is 30.0 Å². The molecule has 1 unspecified atom stereocenters. The summed E-state index contributed by atoms with van der Waals surface area (Å²) in [6.07, 6.45) is 2.21. The molecule has 132 valence electrons. The maximum atomic E-state index is 12.8. The zero-order chi connectivity index (χ0) is 18.2. The fraction of sp³-hybridized carbons (Fsp3) is 0.250. The Morgan fingerprint density at radius 1 is 1.24 bits per heavy atom. The molecular weight excluding hydrogens is 366 g/mol. The van der Waals surface area contributed by atoms with Crippen LogP contribution in [0.5, 0.6) is 0 Å². The molecule has 2 aromatic carbocycles. The zero-order valence-electron chi connectivity index (χ0n) is 13.1. The van der Waals surface area contributed by atoms with Crippen LogP contribution in [0.2, 0.25) is 5.02 Å². The molecule has 9 heteroatoms. The van der Waals surface area contributed by atoms with Crippen molar-refractivity contribution in [3.63, 3.8) is 0 Å². The molecule has 0 bridgehead atoms. The third kappa shape index (κ3) is 3.60. The number of aryl methyl sites for hydroxylation is 1. The molecule has 1 atom stereocenters. The molecule has 3 N–H and O–H groups in total. The number of anilines is 1. The second-order valence-electron chi connectivity index (χ2n) is 5.89. The van der Waals surface area contributed by atoms with Gasteiger partial charge in [-0.25, -0.2) is 13.1 Å². The minimum atomic E-state index is -4.12. The molecule has 0 fully saturated rings. The van der Waals surface area contributed by atoms with Crippen molar-refractivity contribution < 1.29 is 13.3 Å². The summed E-state index contributed by atoms with van der Waals surface area (Å²) in [5.74, 6) is 0. The van der Waals surface area contributed by atoms with Gasteiger partial charge >= 0.3 is 0 Å². The molecule has 0 amide bonds. The molecule has 0 aromatic heterocycles. The number of nitrogens with one attached hydrogen (secondary N) is 1. The second-order valence-corrected chi connectivity index (χ2v) is 8.01. The third-order valence-electron chi connectivity index (χ3n) is 4.19. The number of hydrogen-bond donors (Lipinski definition) is 2. The normalized spacial score (nSPS) is 17.1. The van der Waals surface area contributed by atoms with E-state index >= 15 is 0 Å². The average Bonchev–Trinajstić information content (AvgIpc) is 2.54. The quantitative estimate of drug-likeness (QED) is 0.479. The Balaban J connectivity index is 1.99. The summed E-state index contributed by atoms with van der Waals surface area (Å²) in [5.41, 5.74) is 7.72. The highest BCUT2D eigenvalue weighted by Gasteiger charge is 2.30. The second kappa shape index (κ2) is 6.62. The van der Waals surface area contributed by atoms with E-state index in [2.05, 4.69) is 4.72 Å². The first kappa shape index (κ1) is 17.7. The van der Waals surface area contributed by atoms with Gasteiger partial charge < -0.3 is 5.73 Å². The number of benzene rings is 2. The minimum Gasteiger partial charge on any atom is -0.399 e. The SMILES string of the molecule is Nc1ccc2c(c1)CCCC2NS(=O)(=O)c1cc(Cl)ccc1[N+](=O)[O-]. The largest absolute Gasteiger partial charge is 0.399 e. The number of nitrogens with two attached hydrogens (primary N) is 1. The van der Waals surface area contributed by atoms with Gasteiger partial charge in [-0.2, -0.15) is 0 Å². The van der Waals surface area contributed by atoms with E-state index in [1.54, 1.807) is 12.1 Å². The van der Waals surface area contributed by atoms with Crippen LogP contribution in [0.25, 0.3) is 0 Å². The Kier molecular flexibility index (Phi) is 4.68. The summed E-state index contributed by atoms with van der Waals surface area (Å²) in [7, 11) is -4.12. The monoisotopic (exact) mass is 381 g/mol. The van der Waals surface area contributed by atoms with Gasteiger partial charge in [-0.15, -0.1) is 0 Å². The van der Waals surface area contributed by atoms with Crippen LogP contribution in [0.3, 0.4) is 0 Å². The highest BCUT2D eigenvalue weighted by atomic mass is 35.5. The first-order valence-electron chi connectivity index (χ1n) is 7.62. The molecule has 1 aliphatic rings. The lowest BCUT2D eigenvalue weighted by atomic mass is 9.88. The van der Waals surface area contributed by atoms with E-state index in [9.17, 15) is 18.5 Å². The molecule has 0 saturated carbocycles. The summed E-state index contributed by atoms with van der Waals surface area (Å²) < 4.78 is 28.1. The van der Waals surface area contributed by atoms with E-state index < -0.39 is 31.6 Å². The zero-order valence-corrected chi connectivity index (χ0v) is 14.7. The minimum absolute atomic E-state index is 0.114. The van der Waals surface area contributed by atoms with Crippen molar-refractivity contribution in [1.29, 1.82) is 0 Å². The van der Waals surface area contributed by atoms with Gasteiger partial charge in [-0.05, 0) is 54.7 Å². The van der Waals surface area contributed by atoms with Gasteiger partial charge in [-0.3, -0.25) is 10.1 Å². The van der Waals surface area contributed by atoms with Crippen LogP contribution >= 0.6 is 11.6 Å². The van der Waals surface area contributed by atoms with Gasteiger partial charge in [0.15, 0.2) is 4.90 Å². The molecular formula is C16H16ClN3O4S. The number of rotatable bonds is 4. The smallest absolute Gasteiger partial charge is 0.289 e. The lowest BCUT2D eigenvalue weighted by Crippen LogP contribution is -2.31. The molecule has 0 saturated heterocycles. The maximum absolute atomic E-state index is 12.8. The van der Waals surface area contributed by atoms with Gasteiger partial charge in [-0.1, -0.05) is 17.7 Å². The molecule has 25 heavy (non-hydrogen) atoms. The van der Waals surface area contributed by atoms with Gasteiger partial charge in [0, 0.05) is 22.8 Å². The maximum Gasteiger partial charge on any atom is 0.289 e. The summed E-state index contributed by atoms with van der Waals surface area (Å²) in [5, 5.41) is 11.3. The first-order chi connectivity index (χ1) is 11.8. The Morgan fingerprint density at radius 3 is 2.72 bits per heavy atom. The molecule has 0 spiro atoms. The van der Waals surface area contributed by atoms with Gasteiger partial charge in [0.1, 0.15) is 0 Å². The first-order valence-corrected chi connectivity index (χ1v) is 9.48. The van der Waals surface area contributed by atoms with Gasteiger partial charge in [0.25, 0.3) is 5.69 Å². The van der Waals surface area contributed by atoms with Crippen molar-refractivity contribution in [3.8, 4) is 0 Å². The molecule has 7 nitrogen and oxygen atoms in total. The van der Waals surface area contributed by atoms with Crippen LogP contribution in [0, 0.1) is 10.1 Å². The highest BCUT2D eigenvalue weighted by Crippen LogP contribution is 2.34. The number of nitro benzene ring substituents is 1.